The highest BCUT2D eigenvalue weighted by Crippen LogP contribution is 2.44. The van der Waals surface area contributed by atoms with Gasteiger partial charge in [0, 0.05) is 17.1 Å². The van der Waals surface area contributed by atoms with E-state index in [0.29, 0.717) is 11.3 Å². The van der Waals surface area contributed by atoms with Gasteiger partial charge < -0.3 is 23.4 Å². The number of rotatable bonds is 8. The van der Waals surface area contributed by atoms with Gasteiger partial charge in [-0.25, -0.2) is 0 Å². The lowest BCUT2D eigenvalue weighted by molar-refractivity contribution is -0.384. The molecule has 0 aliphatic heterocycles. The second-order valence-corrected chi connectivity index (χ2v) is 6.79. The van der Waals surface area contributed by atoms with Gasteiger partial charge in [0.25, 0.3) is 0 Å². The van der Waals surface area contributed by atoms with Crippen molar-refractivity contribution in [3.8, 4) is 34.3 Å². The first-order valence-electron chi connectivity index (χ1n) is 9.56. The van der Waals surface area contributed by atoms with E-state index in [4.69, 9.17) is 23.4 Å². The largest absolute Gasteiger partial charge is 0.493 e. The van der Waals surface area contributed by atoms with E-state index in [1.165, 1.54) is 59.0 Å². The standard InChI is InChI=1S/C22H19N3O8/c1-29-14-6-5-13-17(19(26)11-7-15(30-2)22(32-4)16(8-11)31-3)20(12-9-23-24-10-12)33-21(13)18(14)25(27)28/h5-10H,1-4H3,(H,23,24). The molecular weight excluding hydrogens is 434 g/mol. The molecule has 0 amide bonds. The van der Waals surface area contributed by atoms with Crippen LogP contribution in [0.15, 0.2) is 41.1 Å². The smallest absolute Gasteiger partial charge is 0.353 e. The number of furan rings is 1. The number of hydrogen-bond acceptors (Lipinski definition) is 9. The predicted molar refractivity (Wildman–Crippen MR) is 117 cm³/mol. The average Bonchev–Trinajstić information content (AvgIpc) is 3.49. The summed E-state index contributed by atoms with van der Waals surface area (Å²) in [6, 6.07) is 5.96. The lowest BCUT2D eigenvalue weighted by atomic mass is 9.97. The molecule has 170 valence electrons. The van der Waals surface area contributed by atoms with Crippen molar-refractivity contribution in [2.45, 2.75) is 0 Å². The van der Waals surface area contributed by atoms with E-state index in [0.717, 1.165) is 0 Å². The quantitative estimate of drug-likeness (QED) is 0.238. The number of methoxy groups -OCH3 is 4. The molecule has 11 nitrogen and oxygen atoms in total. The average molecular weight is 453 g/mol. The van der Waals surface area contributed by atoms with Gasteiger partial charge in [-0.05, 0) is 24.3 Å². The van der Waals surface area contributed by atoms with Crippen LogP contribution < -0.4 is 18.9 Å². The molecule has 0 fully saturated rings. The molecule has 4 rings (SSSR count). The maximum Gasteiger partial charge on any atom is 0.353 e. The van der Waals surface area contributed by atoms with Crippen LogP contribution in [0.25, 0.3) is 22.3 Å². The van der Waals surface area contributed by atoms with Crippen LogP contribution in [-0.4, -0.2) is 49.3 Å². The zero-order chi connectivity index (χ0) is 23.7. The Morgan fingerprint density at radius 1 is 1.03 bits per heavy atom. The van der Waals surface area contributed by atoms with Crippen LogP contribution >= 0.6 is 0 Å². The van der Waals surface area contributed by atoms with Crippen molar-refractivity contribution in [1.29, 1.82) is 0 Å². The molecule has 0 saturated carbocycles. The van der Waals surface area contributed by atoms with Crippen molar-refractivity contribution < 1.29 is 33.1 Å². The van der Waals surface area contributed by atoms with Gasteiger partial charge in [0.2, 0.25) is 17.1 Å². The van der Waals surface area contributed by atoms with E-state index >= 15 is 0 Å². The van der Waals surface area contributed by atoms with E-state index < -0.39 is 10.7 Å². The summed E-state index contributed by atoms with van der Waals surface area (Å²) in [4.78, 5) is 24.9. The number of carbonyl (C=O) groups excluding carboxylic acids is 1. The lowest BCUT2D eigenvalue weighted by Crippen LogP contribution is -2.05. The molecule has 2 heterocycles. The van der Waals surface area contributed by atoms with E-state index in [1.54, 1.807) is 6.07 Å². The van der Waals surface area contributed by atoms with Crippen LogP contribution in [0.5, 0.6) is 23.0 Å². The molecule has 1 N–H and O–H groups in total. The second kappa shape index (κ2) is 8.54. The Hall–Kier alpha value is -4.54. The van der Waals surface area contributed by atoms with Gasteiger partial charge in [0.1, 0.15) is 5.76 Å². The van der Waals surface area contributed by atoms with Gasteiger partial charge >= 0.3 is 5.69 Å². The summed E-state index contributed by atoms with van der Waals surface area (Å²) in [6.07, 6.45) is 2.97. The van der Waals surface area contributed by atoms with Crippen LogP contribution in [0.3, 0.4) is 0 Å². The van der Waals surface area contributed by atoms with Crippen molar-refractivity contribution in [1.82, 2.24) is 10.2 Å². The number of nitrogens with zero attached hydrogens (tertiary/aromatic N) is 2. The molecule has 2 aromatic heterocycles. The Labute approximate surface area is 187 Å². The van der Waals surface area contributed by atoms with Crippen molar-refractivity contribution in [3.05, 3.63) is 57.9 Å². The number of H-pyrrole nitrogens is 1. The van der Waals surface area contributed by atoms with Gasteiger partial charge in [0.05, 0.1) is 50.7 Å². The highest BCUT2D eigenvalue weighted by molar-refractivity contribution is 6.21. The first kappa shape index (κ1) is 21.7. The summed E-state index contributed by atoms with van der Waals surface area (Å²) >= 11 is 0. The second-order valence-electron chi connectivity index (χ2n) is 6.79. The highest BCUT2D eigenvalue weighted by Gasteiger charge is 2.31. The molecule has 0 atom stereocenters. The van der Waals surface area contributed by atoms with Gasteiger partial charge in [-0.1, -0.05) is 0 Å². The summed E-state index contributed by atoms with van der Waals surface area (Å²) in [7, 11) is 5.64. The highest BCUT2D eigenvalue weighted by atomic mass is 16.6. The summed E-state index contributed by atoms with van der Waals surface area (Å²) in [5.41, 5.74) is 0.284. The van der Waals surface area contributed by atoms with Gasteiger partial charge in [-0.2, -0.15) is 5.10 Å². The Balaban J connectivity index is 2.03. The number of carbonyl (C=O) groups is 1. The molecule has 33 heavy (non-hydrogen) atoms. The fourth-order valence-corrected chi connectivity index (χ4v) is 3.63. The Morgan fingerprint density at radius 2 is 1.70 bits per heavy atom. The van der Waals surface area contributed by atoms with Crippen LogP contribution in [0.4, 0.5) is 5.69 Å². The lowest BCUT2D eigenvalue weighted by Gasteiger charge is -2.13. The number of benzene rings is 2. The number of aromatic nitrogens is 2. The summed E-state index contributed by atoms with van der Waals surface area (Å²) in [6.45, 7) is 0. The minimum atomic E-state index is -0.614. The van der Waals surface area contributed by atoms with Crippen molar-refractivity contribution in [2.24, 2.45) is 0 Å². The molecule has 0 saturated heterocycles. The molecule has 0 bridgehead atoms. The number of fused-ring (bicyclic) bond motifs is 1. The van der Waals surface area contributed by atoms with Crippen LogP contribution in [-0.2, 0) is 0 Å². The van der Waals surface area contributed by atoms with E-state index in [-0.39, 0.29) is 50.8 Å². The Kier molecular flexibility index (Phi) is 5.61. The number of nitro groups is 1. The first-order valence-corrected chi connectivity index (χ1v) is 9.56. The molecule has 11 heteroatoms. The third-order valence-electron chi connectivity index (χ3n) is 5.11. The summed E-state index contributed by atoms with van der Waals surface area (Å²) in [5.74, 6) is 0.546. The molecule has 0 aliphatic carbocycles. The maximum atomic E-state index is 13.8. The SMILES string of the molecule is COc1cc(C(=O)c2c(-c3cn[nH]c3)oc3c([N+](=O)[O-])c(OC)ccc23)cc(OC)c1OC. The van der Waals surface area contributed by atoms with Crippen LogP contribution in [0, 0.1) is 10.1 Å². The number of nitro benzene ring substituents is 1. The molecule has 0 unspecified atom stereocenters. The third kappa shape index (κ3) is 3.49. The zero-order valence-corrected chi connectivity index (χ0v) is 18.1. The maximum absolute atomic E-state index is 13.8. The number of ether oxygens (including phenoxy) is 4. The van der Waals surface area contributed by atoms with Crippen molar-refractivity contribution >= 4 is 22.4 Å². The van der Waals surface area contributed by atoms with Crippen molar-refractivity contribution in [2.75, 3.05) is 28.4 Å². The van der Waals surface area contributed by atoms with Crippen LogP contribution in [0.1, 0.15) is 15.9 Å². The molecule has 2 aromatic carbocycles. The summed E-state index contributed by atoms with van der Waals surface area (Å²) in [5, 5.41) is 18.6. The van der Waals surface area contributed by atoms with Gasteiger partial charge in [-0.3, -0.25) is 20.0 Å². The fraction of sp³-hybridized carbons (Fsp3) is 0.182. The van der Waals surface area contributed by atoms with Crippen LogP contribution in [0.2, 0.25) is 0 Å². The predicted octanol–water partition coefficient (Wildman–Crippen LogP) is 4.00. The number of ketones is 1. The minimum Gasteiger partial charge on any atom is -0.493 e. The van der Waals surface area contributed by atoms with E-state index in [2.05, 4.69) is 10.2 Å². The topological polar surface area (TPSA) is 139 Å². The Bertz CT molecular complexity index is 1330. The van der Waals surface area contributed by atoms with Gasteiger partial charge in [0.15, 0.2) is 17.3 Å². The zero-order valence-electron chi connectivity index (χ0n) is 18.1. The number of hydrogen-bond donors (Lipinski definition) is 1. The normalized spacial score (nSPS) is 10.8. The molecule has 0 spiro atoms. The molecule has 4 aromatic rings. The molecular formula is C22H19N3O8. The number of nitrogens with one attached hydrogen (secondary N) is 1. The Morgan fingerprint density at radius 3 is 2.21 bits per heavy atom. The monoisotopic (exact) mass is 453 g/mol. The number of aromatic amines is 1. The molecule has 0 aliphatic rings. The summed E-state index contributed by atoms with van der Waals surface area (Å²) < 4.78 is 27.1. The van der Waals surface area contributed by atoms with E-state index in [1.807, 2.05) is 0 Å². The fourth-order valence-electron chi connectivity index (χ4n) is 3.63. The van der Waals surface area contributed by atoms with E-state index in [9.17, 15) is 14.9 Å². The molecule has 0 radical (unpaired) electrons. The first-order chi connectivity index (χ1) is 15.9. The third-order valence-corrected chi connectivity index (χ3v) is 5.11. The minimum absolute atomic E-state index is 0.00628. The van der Waals surface area contributed by atoms with Gasteiger partial charge in [-0.15, -0.1) is 0 Å². The van der Waals surface area contributed by atoms with Crippen molar-refractivity contribution in [3.63, 3.8) is 0 Å².